The van der Waals surface area contributed by atoms with Gasteiger partial charge in [-0.05, 0) is 31.2 Å². The van der Waals surface area contributed by atoms with Gasteiger partial charge >= 0.3 is 5.69 Å². The molecule has 2 amide bonds. The molecule has 9 nitrogen and oxygen atoms in total. The zero-order valence-electron chi connectivity index (χ0n) is 17.8. The Hall–Kier alpha value is -3.66. The first-order valence-corrected chi connectivity index (χ1v) is 11.1. The number of nitrogens with zero attached hydrogens (tertiary/aromatic N) is 3. The topological polar surface area (TPSA) is 111 Å². The second-order valence-electron chi connectivity index (χ2n) is 7.18. The van der Waals surface area contributed by atoms with Crippen molar-refractivity contribution in [3.05, 3.63) is 58.0 Å². The number of aryl methyl sites for hydroxylation is 2. The Labute approximate surface area is 187 Å². The molecular formula is C22H23N5O4S. The number of amides is 2. The number of furan rings is 1. The van der Waals surface area contributed by atoms with Gasteiger partial charge in [-0.1, -0.05) is 12.1 Å². The summed E-state index contributed by atoms with van der Waals surface area (Å²) in [5.41, 5.74) is 2.16. The number of aromatic nitrogens is 3. The van der Waals surface area contributed by atoms with Crippen molar-refractivity contribution < 1.29 is 14.0 Å². The van der Waals surface area contributed by atoms with Gasteiger partial charge in [0.05, 0.1) is 17.6 Å². The van der Waals surface area contributed by atoms with Crippen LogP contribution in [0.25, 0.3) is 22.5 Å². The average Bonchev–Trinajstić information content (AvgIpc) is 3.48. The zero-order chi connectivity index (χ0) is 22.7. The van der Waals surface area contributed by atoms with Crippen molar-refractivity contribution >= 4 is 39.3 Å². The number of hydrogen-bond donors (Lipinski definition) is 2. The predicted octanol–water partition coefficient (Wildman–Crippen LogP) is 3.20. The lowest BCUT2D eigenvalue weighted by Gasteiger charge is -2.03. The number of rotatable bonds is 8. The Kier molecular flexibility index (Phi) is 6.22. The highest BCUT2D eigenvalue weighted by atomic mass is 32.1. The summed E-state index contributed by atoms with van der Waals surface area (Å²) in [6.07, 6.45) is 0.147. The van der Waals surface area contributed by atoms with Crippen LogP contribution in [-0.2, 0) is 29.2 Å². The minimum atomic E-state index is -0.225. The number of imidazole rings is 1. The van der Waals surface area contributed by atoms with Crippen molar-refractivity contribution in [1.29, 1.82) is 0 Å². The fraction of sp³-hybridized carbons (Fsp3) is 0.273. The van der Waals surface area contributed by atoms with E-state index in [-0.39, 0.29) is 30.5 Å². The van der Waals surface area contributed by atoms with E-state index in [4.69, 9.17) is 4.42 Å². The zero-order valence-corrected chi connectivity index (χ0v) is 18.6. The highest BCUT2D eigenvalue weighted by Gasteiger charge is 2.14. The van der Waals surface area contributed by atoms with Gasteiger partial charge in [0.1, 0.15) is 11.5 Å². The number of nitrogens with one attached hydrogen (secondary N) is 2. The third-order valence-corrected chi connectivity index (χ3v) is 5.74. The maximum atomic E-state index is 12.7. The first-order valence-electron chi connectivity index (χ1n) is 10.2. The number of thiazole rings is 1. The third-order valence-electron chi connectivity index (χ3n) is 4.98. The summed E-state index contributed by atoms with van der Waals surface area (Å²) in [6, 6.07) is 11.1. The average molecular weight is 454 g/mol. The van der Waals surface area contributed by atoms with E-state index in [9.17, 15) is 14.4 Å². The number of para-hydroxylation sites is 2. The normalized spacial score (nSPS) is 11.1. The molecule has 0 spiro atoms. The molecule has 166 valence electrons. The van der Waals surface area contributed by atoms with E-state index in [0.717, 1.165) is 11.0 Å². The quantitative estimate of drug-likeness (QED) is 0.426. The van der Waals surface area contributed by atoms with Crippen molar-refractivity contribution in [3.8, 4) is 11.5 Å². The summed E-state index contributed by atoms with van der Waals surface area (Å²) in [6.45, 7) is 4.52. The molecule has 1 aromatic carbocycles. The van der Waals surface area contributed by atoms with Gasteiger partial charge in [-0.15, -0.1) is 11.3 Å². The summed E-state index contributed by atoms with van der Waals surface area (Å²) in [4.78, 5) is 40.6. The van der Waals surface area contributed by atoms with Crippen LogP contribution >= 0.6 is 11.3 Å². The van der Waals surface area contributed by atoms with Crippen LogP contribution in [0.3, 0.4) is 0 Å². The van der Waals surface area contributed by atoms with Crippen LogP contribution in [0.2, 0.25) is 0 Å². The number of carbonyl (C=O) groups excluding carboxylic acids is 2. The SMILES string of the molecule is CCn1c(=O)n(CCC(=O)Nc2nc(-c3ccc(CNC(C)=O)o3)cs2)c2ccccc21. The molecule has 0 fully saturated rings. The van der Waals surface area contributed by atoms with Crippen LogP contribution < -0.4 is 16.3 Å². The lowest BCUT2D eigenvalue weighted by Crippen LogP contribution is -2.25. The van der Waals surface area contributed by atoms with Crippen LogP contribution in [0.15, 0.2) is 51.0 Å². The molecule has 0 aliphatic carbocycles. The van der Waals surface area contributed by atoms with Crippen molar-refractivity contribution in [1.82, 2.24) is 19.4 Å². The van der Waals surface area contributed by atoms with Gasteiger partial charge in [0.25, 0.3) is 0 Å². The van der Waals surface area contributed by atoms with Crippen LogP contribution in [-0.4, -0.2) is 25.9 Å². The van der Waals surface area contributed by atoms with Gasteiger partial charge in [-0.2, -0.15) is 0 Å². The van der Waals surface area contributed by atoms with E-state index in [2.05, 4.69) is 15.6 Å². The summed E-state index contributed by atoms with van der Waals surface area (Å²) >= 11 is 1.29. The van der Waals surface area contributed by atoms with Crippen LogP contribution in [0.4, 0.5) is 5.13 Å². The number of benzene rings is 1. The first kappa shape index (κ1) is 21.6. The van der Waals surface area contributed by atoms with E-state index in [0.29, 0.717) is 35.4 Å². The van der Waals surface area contributed by atoms with E-state index in [1.807, 2.05) is 31.2 Å². The molecule has 4 aromatic rings. The maximum absolute atomic E-state index is 12.7. The Morgan fingerprint density at radius 2 is 1.88 bits per heavy atom. The molecule has 0 saturated carbocycles. The van der Waals surface area contributed by atoms with E-state index in [1.54, 1.807) is 26.6 Å². The van der Waals surface area contributed by atoms with Gasteiger partial charge in [0, 0.05) is 31.8 Å². The molecule has 3 heterocycles. The molecule has 0 aliphatic heterocycles. The predicted molar refractivity (Wildman–Crippen MR) is 122 cm³/mol. The number of anilines is 1. The van der Waals surface area contributed by atoms with Crippen LogP contribution in [0.1, 0.15) is 26.0 Å². The molecule has 10 heteroatoms. The fourth-order valence-corrected chi connectivity index (χ4v) is 4.17. The molecule has 2 N–H and O–H groups in total. The second-order valence-corrected chi connectivity index (χ2v) is 8.04. The highest BCUT2D eigenvalue weighted by molar-refractivity contribution is 7.14. The smallest absolute Gasteiger partial charge is 0.329 e. The molecular weight excluding hydrogens is 430 g/mol. The summed E-state index contributed by atoms with van der Waals surface area (Å²) in [7, 11) is 0. The van der Waals surface area contributed by atoms with Gasteiger partial charge in [0.15, 0.2) is 10.9 Å². The molecule has 32 heavy (non-hydrogen) atoms. The second kappa shape index (κ2) is 9.23. The summed E-state index contributed by atoms with van der Waals surface area (Å²) in [5, 5.41) is 7.70. The Bertz CT molecular complexity index is 1330. The van der Waals surface area contributed by atoms with Gasteiger partial charge < -0.3 is 15.1 Å². The Morgan fingerprint density at radius 3 is 2.59 bits per heavy atom. The maximum Gasteiger partial charge on any atom is 0.329 e. The standard InChI is InChI=1S/C22H23N5O4S/c1-3-26-17-6-4-5-7-18(17)27(22(26)30)11-10-20(29)25-21-24-16(13-32-21)19-9-8-15(31-19)12-23-14(2)28/h4-9,13H,3,10-12H2,1-2H3,(H,23,28)(H,24,25,29). The van der Waals surface area contributed by atoms with Crippen molar-refractivity contribution in [2.75, 3.05) is 5.32 Å². The van der Waals surface area contributed by atoms with Gasteiger partial charge in [0.2, 0.25) is 11.8 Å². The fourth-order valence-electron chi connectivity index (χ4n) is 3.46. The highest BCUT2D eigenvalue weighted by Crippen LogP contribution is 2.26. The molecule has 3 aromatic heterocycles. The minimum Gasteiger partial charge on any atom is -0.458 e. The Morgan fingerprint density at radius 1 is 1.12 bits per heavy atom. The van der Waals surface area contributed by atoms with Crippen LogP contribution in [0, 0.1) is 0 Å². The lowest BCUT2D eigenvalue weighted by atomic mass is 10.3. The summed E-state index contributed by atoms with van der Waals surface area (Å²) < 4.78 is 9.02. The van der Waals surface area contributed by atoms with E-state index in [1.165, 1.54) is 18.3 Å². The molecule has 4 rings (SSSR count). The first-order chi connectivity index (χ1) is 15.5. The van der Waals surface area contributed by atoms with Gasteiger partial charge in [-0.3, -0.25) is 18.7 Å². The molecule has 0 saturated heterocycles. The Balaban J connectivity index is 1.39. The summed E-state index contributed by atoms with van der Waals surface area (Å²) in [5.74, 6) is 0.812. The minimum absolute atomic E-state index is 0.120. The van der Waals surface area contributed by atoms with E-state index < -0.39 is 0 Å². The molecule has 0 atom stereocenters. The van der Waals surface area contributed by atoms with Crippen molar-refractivity contribution in [2.24, 2.45) is 0 Å². The number of carbonyl (C=O) groups is 2. The lowest BCUT2D eigenvalue weighted by molar-refractivity contribution is -0.119. The molecule has 0 radical (unpaired) electrons. The van der Waals surface area contributed by atoms with Crippen molar-refractivity contribution in [3.63, 3.8) is 0 Å². The van der Waals surface area contributed by atoms with Crippen molar-refractivity contribution in [2.45, 2.75) is 39.9 Å². The van der Waals surface area contributed by atoms with Gasteiger partial charge in [-0.25, -0.2) is 9.78 Å². The number of hydrogen-bond acceptors (Lipinski definition) is 6. The monoisotopic (exact) mass is 453 g/mol. The molecule has 0 bridgehead atoms. The molecule has 0 unspecified atom stereocenters. The largest absolute Gasteiger partial charge is 0.458 e. The third kappa shape index (κ3) is 4.50. The van der Waals surface area contributed by atoms with E-state index >= 15 is 0 Å². The number of fused-ring (bicyclic) bond motifs is 1. The molecule has 0 aliphatic rings. The van der Waals surface area contributed by atoms with Crippen LogP contribution in [0.5, 0.6) is 0 Å².